The number of carbonyl (C=O) groups is 1. The third-order valence-corrected chi connectivity index (χ3v) is 5.91. The van der Waals surface area contributed by atoms with Gasteiger partial charge in [0.1, 0.15) is 0 Å². The van der Waals surface area contributed by atoms with E-state index in [4.69, 9.17) is 0 Å². The summed E-state index contributed by atoms with van der Waals surface area (Å²) in [6.07, 6.45) is 7.26. The first kappa shape index (κ1) is 21.2. The highest BCUT2D eigenvalue weighted by Crippen LogP contribution is 2.23. The van der Waals surface area contributed by atoms with Crippen LogP contribution in [0.2, 0.25) is 0 Å². The zero-order chi connectivity index (χ0) is 21.6. The van der Waals surface area contributed by atoms with Gasteiger partial charge in [-0.15, -0.1) is 0 Å². The van der Waals surface area contributed by atoms with Gasteiger partial charge in [-0.25, -0.2) is 4.79 Å². The van der Waals surface area contributed by atoms with Crippen molar-refractivity contribution in [3.05, 3.63) is 54.7 Å². The molecular weight excluding hydrogens is 386 g/mol. The maximum absolute atomic E-state index is 12.5. The average Bonchev–Trinajstić information content (AvgIpc) is 2.95. The van der Waals surface area contributed by atoms with Crippen LogP contribution in [0, 0.1) is 0 Å². The number of carbonyl (C=O) groups excluding carboxylic acids is 1. The fourth-order valence-corrected chi connectivity index (χ4v) is 4.16. The summed E-state index contributed by atoms with van der Waals surface area (Å²) in [7, 11) is 4.16. The number of benzene rings is 2. The maximum Gasteiger partial charge on any atom is 0.323 e. The van der Waals surface area contributed by atoms with Gasteiger partial charge in [0.05, 0.1) is 0 Å². The van der Waals surface area contributed by atoms with Gasteiger partial charge < -0.3 is 25.0 Å². The number of nitrogens with zero attached hydrogens (tertiary/aromatic N) is 3. The largest absolute Gasteiger partial charge is 0.372 e. The molecule has 1 fully saturated rings. The molecule has 1 aromatic heterocycles. The van der Waals surface area contributed by atoms with E-state index in [2.05, 4.69) is 69.6 Å². The minimum absolute atomic E-state index is 0.228. The summed E-state index contributed by atoms with van der Waals surface area (Å²) >= 11 is 0. The Labute approximate surface area is 184 Å². The van der Waals surface area contributed by atoms with E-state index >= 15 is 0 Å². The Morgan fingerprint density at radius 2 is 1.58 bits per heavy atom. The lowest BCUT2D eigenvalue weighted by Crippen LogP contribution is -2.24. The first-order valence-corrected chi connectivity index (χ1v) is 11.3. The van der Waals surface area contributed by atoms with Crippen LogP contribution in [0.25, 0.3) is 10.9 Å². The molecule has 2 heterocycles. The van der Waals surface area contributed by atoms with Gasteiger partial charge >= 0.3 is 6.03 Å². The molecule has 2 N–H and O–H groups in total. The molecule has 164 valence electrons. The number of anilines is 3. The van der Waals surface area contributed by atoms with Crippen LogP contribution in [0.5, 0.6) is 0 Å². The van der Waals surface area contributed by atoms with E-state index in [1.54, 1.807) is 0 Å². The number of fused-ring (bicyclic) bond motifs is 1. The van der Waals surface area contributed by atoms with Crippen LogP contribution in [-0.4, -0.2) is 49.2 Å². The van der Waals surface area contributed by atoms with E-state index < -0.39 is 0 Å². The molecule has 1 aliphatic rings. The molecule has 0 saturated carbocycles. The number of amides is 2. The summed E-state index contributed by atoms with van der Waals surface area (Å²) in [5.41, 5.74) is 4.00. The Balaban J connectivity index is 1.35. The second-order valence-electron chi connectivity index (χ2n) is 8.61. The van der Waals surface area contributed by atoms with Crippen LogP contribution in [-0.2, 0) is 6.54 Å². The fraction of sp³-hybridized carbons (Fsp3) is 0.400. The molecule has 1 saturated heterocycles. The minimum Gasteiger partial charge on any atom is -0.372 e. The van der Waals surface area contributed by atoms with Crippen LogP contribution in [0.4, 0.5) is 21.9 Å². The maximum atomic E-state index is 12.5. The molecule has 0 unspecified atom stereocenters. The Kier molecular flexibility index (Phi) is 6.77. The smallest absolute Gasteiger partial charge is 0.323 e. The van der Waals surface area contributed by atoms with Crippen LogP contribution >= 0.6 is 0 Å². The molecule has 0 atom stereocenters. The van der Waals surface area contributed by atoms with Crippen LogP contribution in [0.15, 0.2) is 54.7 Å². The molecular formula is C25H33N5O. The molecule has 2 aromatic carbocycles. The summed E-state index contributed by atoms with van der Waals surface area (Å²) in [4.78, 5) is 17.1. The van der Waals surface area contributed by atoms with Crippen molar-refractivity contribution >= 4 is 34.0 Å². The highest BCUT2D eigenvalue weighted by molar-refractivity contribution is 6.01. The normalized spacial score (nSPS) is 14.6. The Hall–Kier alpha value is -2.99. The first-order valence-electron chi connectivity index (χ1n) is 11.3. The average molecular weight is 420 g/mol. The summed E-state index contributed by atoms with van der Waals surface area (Å²) in [6.45, 7) is 4.17. The quantitative estimate of drug-likeness (QED) is 0.575. The molecule has 6 nitrogen and oxygen atoms in total. The Bertz CT molecular complexity index is 1000. The van der Waals surface area contributed by atoms with Crippen molar-refractivity contribution in [3.63, 3.8) is 0 Å². The number of urea groups is 1. The lowest BCUT2D eigenvalue weighted by Gasteiger charge is -2.22. The summed E-state index contributed by atoms with van der Waals surface area (Å²) in [5, 5.41) is 7.01. The van der Waals surface area contributed by atoms with E-state index in [9.17, 15) is 4.79 Å². The van der Waals surface area contributed by atoms with Crippen molar-refractivity contribution in [1.29, 1.82) is 0 Å². The Morgan fingerprint density at radius 3 is 2.29 bits per heavy atom. The predicted molar refractivity (Wildman–Crippen MR) is 130 cm³/mol. The SMILES string of the molecule is CN(C)CCn1ccc2cc(NC(=O)Nc3ccc(N4CCCCCC4)cc3)ccc21. The molecule has 3 aromatic rings. The number of aromatic nitrogens is 1. The molecule has 6 heteroatoms. The third-order valence-electron chi connectivity index (χ3n) is 5.91. The standard InChI is InChI=1S/C25H33N5O/c1-28(2)17-18-30-16-13-20-19-22(9-12-24(20)30)27-25(31)26-21-7-10-23(11-8-21)29-14-5-3-4-6-15-29/h7-13,16,19H,3-6,14-15,17-18H2,1-2H3,(H2,26,27,31). The summed E-state index contributed by atoms with van der Waals surface area (Å²) in [6, 6.07) is 16.1. The number of nitrogens with one attached hydrogen (secondary N) is 2. The molecule has 31 heavy (non-hydrogen) atoms. The molecule has 0 spiro atoms. The molecule has 1 aliphatic heterocycles. The number of hydrogen-bond acceptors (Lipinski definition) is 3. The number of hydrogen-bond donors (Lipinski definition) is 2. The lowest BCUT2D eigenvalue weighted by atomic mass is 10.2. The zero-order valence-corrected chi connectivity index (χ0v) is 18.6. The fourth-order valence-electron chi connectivity index (χ4n) is 4.16. The molecule has 0 aliphatic carbocycles. The molecule has 0 radical (unpaired) electrons. The van der Waals surface area contributed by atoms with Crippen LogP contribution in [0.3, 0.4) is 0 Å². The van der Waals surface area contributed by atoms with Crippen LogP contribution < -0.4 is 15.5 Å². The van der Waals surface area contributed by atoms with Gasteiger partial charge in [-0.3, -0.25) is 0 Å². The monoisotopic (exact) mass is 419 g/mol. The van der Waals surface area contributed by atoms with Crippen molar-refractivity contribution in [2.24, 2.45) is 0 Å². The topological polar surface area (TPSA) is 52.5 Å². The third kappa shape index (κ3) is 5.58. The Morgan fingerprint density at radius 1 is 0.903 bits per heavy atom. The van der Waals surface area contributed by atoms with Gasteiger partial charge in [-0.2, -0.15) is 0 Å². The summed E-state index contributed by atoms with van der Waals surface area (Å²) in [5.74, 6) is 0. The first-order chi connectivity index (χ1) is 15.1. The highest BCUT2D eigenvalue weighted by atomic mass is 16.2. The van der Waals surface area contributed by atoms with Gasteiger partial charge in [-0.05, 0) is 75.5 Å². The zero-order valence-electron chi connectivity index (χ0n) is 18.6. The van der Waals surface area contributed by atoms with Crippen LogP contribution in [0.1, 0.15) is 25.7 Å². The molecule has 4 rings (SSSR count). The summed E-state index contributed by atoms with van der Waals surface area (Å²) < 4.78 is 2.24. The predicted octanol–water partition coefficient (Wildman–Crippen LogP) is 5.23. The minimum atomic E-state index is -0.228. The van der Waals surface area contributed by atoms with Crippen molar-refractivity contribution in [2.75, 3.05) is 49.3 Å². The number of likely N-dealkylation sites (N-methyl/N-ethyl adjacent to an activating group) is 1. The second kappa shape index (κ2) is 9.88. The van der Waals surface area contributed by atoms with Gasteiger partial charge in [0.25, 0.3) is 0 Å². The van der Waals surface area contributed by atoms with Gasteiger partial charge in [0.2, 0.25) is 0 Å². The molecule has 2 amide bonds. The second-order valence-corrected chi connectivity index (χ2v) is 8.61. The van der Waals surface area contributed by atoms with E-state index in [0.29, 0.717) is 0 Å². The van der Waals surface area contributed by atoms with E-state index in [1.807, 2.05) is 24.3 Å². The molecule has 0 bridgehead atoms. The van der Waals surface area contributed by atoms with Gasteiger partial charge in [0.15, 0.2) is 0 Å². The van der Waals surface area contributed by atoms with Crippen molar-refractivity contribution < 1.29 is 4.79 Å². The van der Waals surface area contributed by atoms with E-state index in [0.717, 1.165) is 42.9 Å². The van der Waals surface area contributed by atoms with Crippen molar-refractivity contribution in [1.82, 2.24) is 9.47 Å². The number of rotatable bonds is 6. The highest BCUT2D eigenvalue weighted by Gasteiger charge is 2.10. The van der Waals surface area contributed by atoms with E-state index in [-0.39, 0.29) is 6.03 Å². The van der Waals surface area contributed by atoms with E-state index in [1.165, 1.54) is 36.9 Å². The van der Waals surface area contributed by atoms with Gasteiger partial charge in [0, 0.05) is 60.3 Å². The van der Waals surface area contributed by atoms with Crippen molar-refractivity contribution in [2.45, 2.75) is 32.2 Å². The van der Waals surface area contributed by atoms with Crippen molar-refractivity contribution in [3.8, 4) is 0 Å². The van der Waals surface area contributed by atoms with Gasteiger partial charge in [-0.1, -0.05) is 12.8 Å². The lowest BCUT2D eigenvalue weighted by molar-refractivity contribution is 0.262.